The van der Waals surface area contributed by atoms with E-state index >= 15 is 0 Å². The van der Waals surface area contributed by atoms with Gasteiger partial charge in [-0.1, -0.05) is 60.7 Å². The van der Waals surface area contributed by atoms with Gasteiger partial charge in [0.15, 0.2) is 0 Å². The molecule has 1 saturated heterocycles. The second-order valence-electron chi connectivity index (χ2n) is 8.76. The molecule has 166 valence electrons. The predicted molar refractivity (Wildman–Crippen MR) is 128 cm³/mol. The predicted octanol–water partition coefficient (Wildman–Crippen LogP) is 3.55. The number of thioether (sulfide) groups is 1. The Balaban J connectivity index is 1.60. The molecule has 2 amide bonds. The van der Waals surface area contributed by atoms with Gasteiger partial charge in [-0.05, 0) is 43.7 Å². The zero-order valence-electron chi connectivity index (χ0n) is 18.4. The van der Waals surface area contributed by atoms with Crippen LogP contribution in [0.25, 0.3) is 0 Å². The van der Waals surface area contributed by atoms with Crippen LogP contribution in [-0.4, -0.2) is 47.1 Å². The summed E-state index contributed by atoms with van der Waals surface area (Å²) in [7, 11) is 0. The smallest absolute Gasteiger partial charge is 0.246 e. The molecule has 3 N–H and O–H groups in total. The van der Waals surface area contributed by atoms with Gasteiger partial charge in [-0.15, -0.1) is 0 Å². The summed E-state index contributed by atoms with van der Waals surface area (Å²) in [4.78, 5) is 27.7. The standard InChI is InChI=1S/C25H33N3O2S/c1-25(2,26)24(30)27-22(18-31-17-19-9-5-3-6-10-19)23(29)28-15-13-21(14-16-28)20-11-7-4-8-12-20/h3-12,21-22H,13-18,26H2,1-2H3,(H,27,30). The molecule has 1 heterocycles. The van der Waals surface area contributed by atoms with Crippen molar-refractivity contribution in [3.8, 4) is 0 Å². The third-order valence-corrected chi connectivity index (χ3v) is 6.77. The summed E-state index contributed by atoms with van der Waals surface area (Å²) in [5.41, 5.74) is 7.48. The lowest BCUT2D eigenvalue weighted by molar-refractivity contribution is -0.137. The van der Waals surface area contributed by atoms with Gasteiger partial charge in [0, 0.05) is 24.6 Å². The Morgan fingerprint density at radius 3 is 2.23 bits per heavy atom. The molecule has 2 aromatic carbocycles. The van der Waals surface area contributed by atoms with Crippen LogP contribution in [0.3, 0.4) is 0 Å². The highest BCUT2D eigenvalue weighted by molar-refractivity contribution is 7.98. The van der Waals surface area contributed by atoms with E-state index in [4.69, 9.17) is 5.73 Å². The molecule has 0 aromatic heterocycles. The maximum absolute atomic E-state index is 13.3. The number of hydrogen-bond donors (Lipinski definition) is 2. The molecule has 0 aliphatic carbocycles. The highest BCUT2D eigenvalue weighted by Crippen LogP contribution is 2.28. The summed E-state index contributed by atoms with van der Waals surface area (Å²) in [6.45, 7) is 4.74. The number of likely N-dealkylation sites (tertiary alicyclic amines) is 1. The van der Waals surface area contributed by atoms with E-state index in [0.717, 1.165) is 18.6 Å². The van der Waals surface area contributed by atoms with Crippen LogP contribution >= 0.6 is 11.8 Å². The molecule has 0 radical (unpaired) electrons. The van der Waals surface area contributed by atoms with Crippen LogP contribution in [0.5, 0.6) is 0 Å². The summed E-state index contributed by atoms with van der Waals surface area (Å²) in [6, 6.07) is 20.1. The molecule has 1 aliphatic heterocycles. The van der Waals surface area contributed by atoms with Crippen molar-refractivity contribution in [3.05, 3.63) is 71.8 Å². The lowest BCUT2D eigenvalue weighted by Gasteiger charge is -2.35. The number of rotatable bonds is 8. The van der Waals surface area contributed by atoms with E-state index in [1.54, 1.807) is 25.6 Å². The Bertz CT molecular complexity index is 844. The number of nitrogens with two attached hydrogens (primary N) is 1. The average molecular weight is 440 g/mol. The lowest BCUT2D eigenvalue weighted by atomic mass is 9.89. The van der Waals surface area contributed by atoms with Crippen LogP contribution in [0.2, 0.25) is 0 Å². The van der Waals surface area contributed by atoms with Gasteiger partial charge in [0.2, 0.25) is 11.8 Å². The van der Waals surface area contributed by atoms with E-state index < -0.39 is 11.6 Å². The molecule has 1 aliphatic rings. The van der Waals surface area contributed by atoms with Gasteiger partial charge in [-0.25, -0.2) is 0 Å². The molecule has 1 atom stereocenters. The number of benzene rings is 2. The molecule has 6 heteroatoms. The van der Waals surface area contributed by atoms with E-state index in [1.165, 1.54) is 11.1 Å². The number of carbonyl (C=O) groups excluding carboxylic acids is 2. The highest BCUT2D eigenvalue weighted by atomic mass is 32.2. The highest BCUT2D eigenvalue weighted by Gasteiger charge is 2.32. The summed E-state index contributed by atoms with van der Waals surface area (Å²) in [5.74, 6) is 1.49. The summed E-state index contributed by atoms with van der Waals surface area (Å²) >= 11 is 1.65. The van der Waals surface area contributed by atoms with Crippen molar-refractivity contribution in [1.29, 1.82) is 0 Å². The SMILES string of the molecule is CC(C)(N)C(=O)NC(CSCc1ccccc1)C(=O)N1CCC(c2ccccc2)CC1. The van der Waals surface area contributed by atoms with Crippen LogP contribution in [0.15, 0.2) is 60.7 Å². The Labute approximate surface area is 189 Å². The first-order valence-electron chi connectivity index (χ1n) is 10.9. The van der Waals surface area contributed by atoms with Crippen molar-refractivity contribution >= 4 is 23.6 Å². The number of carbonyl (C=O) groups is 2. The first-order valence-corrected chi connectivity index (χ1v) is 12.1. The molecular weight excluding hydrogens is 406 g/mol. The second-order valence-corrected chi connectivity index (χ2v) is 9.79. The molecule has 31 heavy (non-hydrogen) atoms. The molecule has 0 saturated carbocycles. The van der Waals surface area contributed by atoms with Gasteiger partial charge in [0.05, 0.1) is 5.54 Å². The topological polar surface area (TPSA) is 75.4 Å². The average Bonchev–Trinajstić information content (AvgIpc) is 2.78. The fraction of sp³-hybridized carbons (Fsp3) is 0.440. The molecule has 1 fully saturated rings. The van der Waals surface area contributed by atoms with Crippen molar-refractivity contribution in [2.45, 2.75) is 49.9 Å². The molecule has 5 nitrogen and oxygen atoms in total. The quantitative estimate of drug-likeness (QED) is 0.660. The Hall–Kier alpha value is -2.31. The normalized spacial score (nSPS) is 16.0. The van der Waals surface area contributed by atoms with Crippen molar-refractivity contribution in [2.75, 3.05) is 18.8 Å². The first kappa shape index (κ1) is 23.4. The van der Waals surface area contributed by atoms with Crippen LogP contribution in [0, 0.1) is 0 Å². The Morgan fingerprint density at radius 2 is 1.65 bits per heavy atom. The molecular formula is C25H33N3O2S. The molecule has 3 rings (SSSR count). The Kier molecular flexibility index (Phi) is 8.15. The molecule has 1 unspecified atom stereocenters. The summed E-state index contributed by atoms with van der Waals surface area (Å²) in [5, 5.41) is 2.91. The van der Waals surface area contributed by atoms with Gasteiger partial charge >= 0.3 is 0 Å². The number of hydrogen-bond acceptors (Lipinski definition) is 4. The Morgan fingerprint density at radius 1 is 1.06 bits per heavy atom. The zero-order chi connectivity index (χ0) is 22.3. The zero-order valence-corrected chi connectivity index (χ0v) is 19.2. The van der Waals surface area contributed by atoms with Crippen molar-refractivity contribution in [2.24, 2.45) is 5.73 Å². The molecule has 2 aromatic rings. The fourth-order valence-corrected chi connectivity index (χ4v) is 4.77. The summed E-state index contributed by atoms with van der Waals surface area (Å²) in [6.07, 6.45) is 1.88. The van der Waals surface area contributed by atoms with Crippen LogP contribution in [-0.2, 0) is 15.3 Å². The van der Waals surface area contributed by atoms with Crippen molar-refractivity contribution < 1.29 is 9.59 Å². The van der Waals surface area contributed by atoms with Gasteiger partial charge in [0.25, 0.3) is 0 Å². The van der Waals surface area contributed by atoms with Crippen molar-refractivity contribution in [3.63, 3.8) is 0 Å². The minimum Gasteiger partial charge on any atom is -0.342 e. The third-order valence-electron chi connectivity index (χ3n) is 5.66. The third kappa shape index (κ3) is 6.84. The number of nitrogens with zero attached hydrogens (tertiary/aromatic N) is 1. The van der Waals surface area contributed by atoms with Gasteiger partial charge < -0.3 is 16.0 Å². The molecule has 0 spiro atoms. The number of amides is 2. The van der Waals surface area contributed by atoms with E-state index in [1.807, 2.05) is 29.2 Å². The van der Waals surface area contributed by atoms with E-state index in [0.29, 0.717) is 24.8 Å². The van der Waals surface area contributed by atoms with E-state index in [9.17, 15) is 9.59 Å². The van der Waals surface area contributed by atoms with E-state index in [2.05, 4.69) is 41.7 Å². The second kappa shape index (κ2) is 10.8. The van der Waals surface area contributed by atoms with Crippen molar-refractivity contribution in [1.82, 2.24) is 10.2 Å². The first-order chi connectivity index (χ1) is 14.8. The van der Waals surface area contributed by atoms with Gasteiger partial charge in [-0.2, -0.15) is 11.8 Å². The van der Waals surface area contributed by atoms with Crippen LogP contribution < -0.4 is 11.1 Å². The largest absolute Gasteiger partial charge is 0.342 e. The van der Waals surface area contributed by atoms with E-state index in [-0.39, 0.29) is 11.8 Å². The van der Waals surface area contributed by atoms with Gasteiger partial charge in [0.1, 0.15) is 6.04 Å². The molecule has 0 bridgehead atoms. The lowest BCUT2D eigenvalue weighted by Crippen LogP contribution is -2.57. The fourth-order valence-electron chi connectivity index (χ4n) is 3.77. The van der Waals surface area contributed by atoms with Crippen LogP contribution in [0.4, 0.5) is 0 Å². The minimum atomic E-state index is -1.02. The maximum atomic E-state index is 13.3. The minimum absolute atomic E-state index is 0.00956. The monoisotopic (exact) mass is 439 g/mol. The number of nitrogens with one attached hydrogen (secondary N) is 1. The maximum Gasteiger partial charge on any atom is 0.246 e. The van der Waals surface area contributed by atoms with Crippen LogP contribution in [0.1, 0.15) is 43.7 Å². The summed E-state index contributed by atoms with van der Waals surface area (Å²) < 4.78 is 0. The number of piperidine rings is 1. The van der Waals surface area contributed by atoms with Gasteiger partial charge in [-0.3, -0.25) is 9.59 Å².